The van der Waals surface area contributed by atoms with Crippen LogP contribution in [0.15, 0.2) is 66.2 Å². The van der Waals surface area contributed by atoms with E-state index in [9.17, 15) is 0 Å². The lowest BCUT2D eigenvalue weighted by Gasteiger charge is -2.15. The fraction of sp³-hybridized carbons (Fsp3) is 0.318. The molecule has 0 radical (unpaired) electrons. The van der Waals surface area contributed by atoms with Crippen molar-refractivity contribution in [1.29, 1.82) is 0 Å². The molecule has 0 bridgehead atoms. The van der Waals surface area contributed by atoms with Crippen LogP contribution in [-0.4, -0.2) is 33.3 Å². The van der Waals surface area contributed by atoms with Crippen molar-refractivity contribution in [3.8, 4) is 11.1 Å². The Balaban J connectivity index is 0.00000300. The summed E-state index contributed by atoms with van der Waals surface area (Å²) in [5.41, 5.74) is 4.79. The van der Waals surface area contributed by atoms with Crippen LogP contribution in [0.3, 0.4) is 0 Å². The van der Waals surface area contributed by atoms with E-state index in [2.05, 4.69) is 90.0 Å². The number of guanidine groups is 1. The number of hydrogen-bond acceptors (Lipinski definition) is 3. The third-order valence-corrected chi connectivity index (χ3v) is 4.27. The van der Waals surface area contributed by atoms with E-state index in [1.807, 2.05) is 4.68 Å². The highest BCUT2D eigenvalue weighted by Crippen LogP contribution is 2.25. The van der Waals surface area contributed by atoms with Crippen molar-refractivity contribution in [2.45, 2.75) is 39.9 Å². The Bertz CT molecular complexity index is 888. The Morgan fingerprint density at radius 2 is 1.86 bits per heavy atom. The van der Waals surface area contributed by atoms with Gasteiger partial charge in [0, 0.05) is 12.6 Å². The zero-order valence-corrected chi connectivity index (χ0v) is 19.5. The zero-order valence-electron chi connectivity index (χ0n) is 17.2. The van der Waals surface area contributed by atoms with E-state index >= 15 is 0 Å². The van der Waals surface area contributed by atoms with Crippen LogP contribution in [0.1, 0.15) is 31.9 Å². The fourth-order valence-electron chi connectivity index (χ4n) is 2.99. The number of hydrogen-bond donors (Lipinski definition) is 2. The Kier molecular flexibility index (Phi) is 9.11. The van der Waals surface area contributed by atoms with Crippen molar-refractivity contribution in [2.24, 2.45) is 4.99 Å². The lowest BCUT2D eigenvalue weighted by atomic mass is 9.98. The molecule has 1 heterocycles. The predicted molar refractivity (Wildman–Crippen MR) is 130 cm³/mol. The molecule has 0 aliphatic heterocycles. The summed E-state index contributed by atoms with van der Waals surface area (Å²) in [6.07, 6.45) is 3.29. The van der Waals surface area contributed by atoms with Gasteiger partial charge < -0.3 is 10.6 Å². The third kappa shape index (κ3) is 6.85. The van der Waals surface area contributed by atoms with Gasteiger partial charge in [0.2, 0.25) is 0 Å². The second-order valence-corrected chi connectivity index (χ2v) is 6.94. The molecule has 0 fully saturated rings. The van der Waals surface area contributed by atoms with Crippen LogP contribution >= 0.6 is 24.0 Å². The zero-order chi connectivity index (χ0) is 19.8. The lowest BCUT2D eigenvalue weighted by molar-refractivity contribution is 0.685. The van der Waals surface area contributed by atoms with Gasteiger partial charge in [0.25, 0.3) is 0 Å². The number of aliphatic imine (C=N–C) groups is 1. The van der Waals surface area contributed by atoms with Gasteiger partial charge in [-0.3, -0.25) is 0 Å². The highest BCUT2D eigenvalue weighted by atomic mass is 127. The first-order chi connectivity index (χ1) is 13.7. The molecule has 0 atom stereocenters. The normalized spacial score (nSPS) is 11.2. The average Bonchev–Trinajstić information content (AvgIpc) is 3.20. The molecule has 154 valence electrons. The van der Waals surface area contributed by atoms with Crippen molar-refractivity contribution >= 4 is 29.9 Å². The van der Waals surface area contributed by atoms with E-state index in [0.29, 0.717) is 12.6 Å². The number of benzene rings is 2. The molecule has 0 amide bonds. The van der Waals surface area contributed by atoms with E-state index in [0.717, 1.165) is 19.0 Å². The SMILES string of the molecule is CCNC(=NCc1ccccc1-c1ccc(Cn2cncn2)cc1)NC(C)C.I. The van der Waals surface area contributed by atoms with Crippen molar-refractivity contribution in [1.82, 2.24) is 25.4 Å². The summed E-state index contributed by atoms with van der Waals surface area (Å²) in [7, 11) is 0. The van der Waals surface area contributed by atoms with Gasteiger partial charge in [0.05, 0.1) is 13.1 Å². The molecule has 2 N–H and O–H groups in total. The van der Waals surface area contributed by atoms with Gasteiger partial charge in [0.1, 0.15) is 12.7 Å². The summed E-state index contributed by atoms with van der Waals surface area (Å²) in [6.45, 7) is 8.49. The molecule has 7 heteroatoms. The Labute approximate surface area is 189 Å². The molecule has 2 aromatic carbocycles. The summed E-state index contributed by atoms with van der Waals surface area (Å²) in [4.78, 5) is 8.74. The number of halogens is 1. The third-order valence-electron chi connectivity index (χ3n) is 4.27. The van der Waals surface area contributed by atoms with Crippen LogP contribution in [0.5, 0.6) is 0 Å². The first kappa shape index (κ1) is 22.9. The molecule has 6 nitrogen and oxygen atoms in total. The molecular weight excluding hydrogens is 475 g/mol. The molecule has 29 heavy (non-hydrogen) atoms. The second-order valence-electron chi connectivity index (χ2n) is 6.94. The first-order valence-corrected chi connectivity index (χ1v) is 9.70. The van der Waals surface area contributed by atoms with E-state index in [4.69, 9.17) is 4.99 Å². The molecule has 0 aliphatic rings. The number of rotatable bonds is 7. The van der Waals surface area contributed by atoms with Gasteiger partial charge in [-0.15, -0.1) is 24.0 Å². The van der Waals surface area contributed by atoms with Crippen LogP contribution in [0.2, 0.25) is 0 Å². The highest BCUT2D eigenvalue weighted by molar-refractivity contribution is 14.0. The predicted octanol–water partition coefficient (Wildman–Crippen LogP) is 4.07. The monoisotopic (exact) mass is 504 g/mol. The number of nitrogens with zero attached hydrogens (tertiary/aromatic N) is 4. The molecule has 0 spiro atoms. The van der Waals surface area contributed by atoms with Crippen molar-refractivity contribution in [3.05, 3.63) is 72.3 Å². The van der Waals surface area contributed by atoms with Crippen molar-refractivity contribution in [3.63, 3.8) is 0 Å². The molecule has 1 aromatic heterocycles. The summed E-state index contributed by atoms with van der Waals surface area (Å²) in [6, 6.07) is 17.4. The first-order valence-electron chi connectivity index (χ1n) is 9.70. The van der Waals surface area contributed by atoms with Crippen LogP contribution in [0, 0.1) is 0 Å². The topological polar surface area (TPSA) is 67.1 Å². The molecular formula is C22H29IN6. The summed E-state index contributed by atoms with van der Waals surface area (Å²) in [5, 5.41) is 10.8. The van der Waals surface area contributed by atoms with Gasteiger partial charge in [0.15, 0.2) is 5.96 Å². The maximum absolute atomic E-state index is 4.75. The summed E-state index contributed by atoms with van der Waals surface area (Å²) in [5.74, 6) is 0.843. The molecule has 0 unspecified atom stereocenters. The highest BCUT2D eigenvalue weighted by Gasteiger charge is 2.06. The van der Waals surface area contributed by atoms with Crippen molar-refractivity contribution < 1.29 is 0 Å². The Hall–Kier alpha value is -2.42. The lowest BCUT2D eigenvalue weighted by Crippen LogP contribution is -2.41. The van der Waals surface area contributed by atoms with E-state index < -0.39 is 0 Å². The minimum Gasteiger partial charge on any atom is -0.357 e. The van der Waals surface area contributed by atoms with E-state index in [1.54, 1.807) is 12.7 Å². The average molecular weight is 504 g/mol. The smallest absolute Gasteiger partial charge is 0.191 e. The summed E-state index contributed by atoms with van der Waals surface area (Å²) < 4.78 is 1.82. The number of nitrogens with one attached hydrogen (secondary N) is 2. The summed E-state index contributed by atoms with van der Waals surface area (Å²) >= 11 is 0. The quantitative estimate of drug-likeness (QED) is 0.289. The molecule has 0 saturated carbocycles. The van der Waals surface area contributed by atoms with Gasteiger partial charge in [-0.05, 0) is 43.0 Å². The fourth-order valence-corrected chi connectivity index (χ4v) is 2.99. The molecule has 0 aliphatic carbocycles. The standard InChI is InChI=1S/C22H28N6.HI/c1-4-24-22(27-17(2)3)25-13-20-7-5-6-8-21(20)19-11-9-18(10-12-19)14-28-16-23-15-26-28;/h5-12,15-17H,4,13-14H2,1-3H3,(H2,24,25,27);1H. The van der Waals surface area contributed by atoms with Crippen LogP contribution in [0.25, 0.3) is 11.1 Å². The van der Waals surface area contributed by atoms with Crippen LogP contribution in [-0.2, 0) is 13.1 Å². The molecule has 3 rings (SSSR count). The Morgan fingerprint density at radius 1 is 1.10 bits per heavy atom. The van der Waals surface area contributed by atoms with Gasteiger partial charge in [-0.2, -0.15) is 5.10 Å². The van der Waals surface area contributed by atoms with Gasteiger partial charge in [-0.25, -0.2) is 14.7 Å². The molecule has 3 aromatic rings. The second kappa shape index (κ2) is 11.5. The van der Waals surface area contributed by atoms with E-state index in [-0.39, 0.29) is 24.0 Å². The van der Waals surface area contributed by atoms with Gasteiger partial charge in [-0.1, -0.05) is 48.5 Å². The number of aromatic nitrogens is 3. The molecule has 0 saturated heterocycles. The van der Waals surface area contributed by atoms with Crippen molar-refractivity contribution in [2.75, 3.05) is 6.54 Å². The maximum atomic E-state index is 4.75. The van der Waals surface area contributed by atoms with Crippen LogP contribution < -0.4 is 10.6 Å². The minimum atomic E-state index is 0. The maximum Gasteiger partial charge on any atom is 0.191 e. The van der Waals surface area contributed by atoms with Crippen LogP contribution in [0.4, 0.5) is 0 Å². The van der Waals surface area contributed by atoms with E-state index in [1.165, 1.54) is 22.3 Å². The minimum absolute atomic E-state index is 0. The largest absolute Gasteiger partial charge is 0.357 e. The van der Waals surface area contributed by atoms with Gasteiger partial charge >= 0.3 is 0 Å². The Morgan fingerprint density at radius 3 is 2.52 bits per heavy atom.